The third-order valence-electron chi connectivity index (χ3n) is 3.70. The summed E-state index contributed by atoms with van der Waals surface area (Å²) in [7, 11) is -2.78. The van der Waals surface area contributed by atoms with Gasteiger partial charge in [0.2, 0.25) is 15.9 Å². The van der Waals surface area contributed by atoms with Crippen LogP contribution in [0.25, 0.3) is 0 Å². The maximum absolute atomic E-state index is 12.2. The second kappa shape index (κ2) is 7.40. The van der Waals surface area contributed by atoms with Gasteiger partial charge in [0.05, 0.1) is 24.2 Å². The van der Waals surface area contributed by atoms with Crippen molar-refractivity contribution in [1.29, 1.82) is 0 Å². The minimum Gasteiger partial charge on any atom is -0.469 e. The van der Waals surface area contributed by atoms with E-state index in [1.807, 2.05) is 10.8 Å². The molecule has 0 saturated carbocycles. The first-order valence-corrected chi connectivity index (χ1v) is 8.43. The van der Waals surface area contributed by atoms with Crippen LogP contribution in [0.15, 0.2) is 30.3 Å². The molecule has 0 aliphatic heterocycles. The number of methoxy groups -OCH3 is 1. The van der Waals surface area contributed by atoms with E-state index in [-0.39, 0.29) is 0 Å². The second-order valence-electron chi connectivity index (χ2n) is 5.16. The SMILES string of the molecule is COC(=O)C(C)C(C)S(=O)(=O)NC(=O)[C@H](C)c1ccccc1. The van der Waals surface area contributed by atoms with Gasteiger partial charge in [-0.25, -0.2) is 8.42 Å². The third-order valence-corrected chi connectivity index (χ3v) is 5.58. The average molecular weight is 327 g/mol. The molecule has 1 aromatic rings. The number of rotatable bonds is 6. The van der Waals surface area contributed by atoms with E-state index in [4.69, 9.17) is 0 Å². The maximum atomic E-state index is 12.2. The third kappa shape index (κ3) is 4.30. The van der Waals surface area contributed by atoms with Crippen molar-refractivity contribution in [2.45, 2.75) is 31.9 Å². The lowest BCUT2D eigenvalue weighted by molar-refractivity contribution is -0.144. The van der Waals surface area contributed by atoms with Gasteiger partial charge in [-0.1, -0.05) is 37.3 Å². The molecule has 122 valence electrons. The highest BCUT2D eigenvalue weighted by Crippen LogP contribution is 2.17. The summed E-state index contributed by atoms with van der Waals surface area (Å²) in [6.45, 7) is 4.43. The van der Waals surface area contributed by atoms with Gasteiger partial charge in [0.15, 0.2) is 0 Å². The van der Waals surface area contributed by atoms with Crippen LogP contribution in [0.3, 0.4) is 0 Å². The molecule has 0 bridgehead atoms. The quantitative estimate of drug-likeness (QED) is 0.798. The predicted molar refractivity (Wildman–Crippen MR) is 82.6 cm³/mol. The van der Waals surface area contributed by atoms with Crippen molar-refractivity contribution < 1.29 is 22.7 Å². The van der Waals surface area contributed by atoms with E-state index >= 15 is 0 Å². The van der Waals surface area contributed by atoms with E-state index in [0.717, 1.165) is 0 Å². The van der Waals surface area contributed by atoms with Gasteiger partial charge in [0.25, 0.3) is 0 Å². The molecule has 0 heterocycles. The Morgan fingerprint density at radius 2 is 1.64 bits per heavy atom. The molecule has 6 nitrogen and oxygen atoms in total. The van der Waals surface area contributed by atoms with Crippen molar-refractivity contribution in [2.24, 2.45) is 5.92 Å². The summed E-state index contributed by atoms with van der Waals surface area (Å²) in [4.78, 5) is 23.6. The van der Waals surface area contributed by atoms with Crippen LogP contribution in [0.4, 0.5) is 0 Å². The number of ether oxygens (including phenoxy) is 1. The Kier molecular flexibility index (Phi) is 6.11. The molecule has 2 unspecified atom stereocenters. The summed E-state index contributed by atoms with van der Waals surface area (Å²) in [5, 5.41) is -1.08. The molecule has 1 amide bonds. The van der Waals surface area contributed by atoms with Gasteiger partial charge in [0.1, 0.15) is 0 Å². The van der Waals surface area contributed by atoms with Crippen molar-refractivity contribution in [2.75, 3.05) is 7.11 Å². The summed E-state index contributed by atoms with van der Waals surface area (Å²) in [6, 6.07) is 8.85. The van der Waals surface area contributed by atoms with E-state index in [9.17, 15) is 18.0 Å². The summed E-state index contributed by atoms with van der Waals surface area (Å²) in [6.07, 6.45) is 0. The monoisotopic (exact) mass is 327 g/mol. The van der Waals surface area contributed by atoms with Crippen LogP contribution < -0.4 is 4.72 Å². The van der Waals surface area contributed by atoms with Crippen LogP contribution >= 0.6 is 0 Å². The minimum absolute atomic E-state index is 0.614. The molecule has 0 aliphatic carbocycles. The van der Waals surface area contributed by atoms with Crippen molar-refractivity contribution in [3.63, 3.8) is 0 Å². The molecule has 7 heteroatoms. The summed E-state index contributed by atoms with van der Waals surface area (Å²) in [5.74, 6) is -2.75. The lowest BCUT2D eigenvalue weighted by Gasteiger charge is -2.20. The van der Waals surface area contributed by atoms with Crippen molar-refractivity contribution >= 4 is 21.9 Å². The smallest absolute Gasteiger partial charge is 0.309 e. The van der Waals surface area contributed by atoms with Gasteiger partial charge in [-0.05, 0) is 19.4 Å². The Morgan fingerprint density at radius 3 is 2.14 bits per heavy atom. The van der Waals surface area contributed by atoms with E-state index < -0.39 is 39.0 Å². The molecule has 0 spiro atoms. The molecule has 1 N–H and O–H groups in total. The number of hydrogen-bond donors (Lipinski definition) is 1. The molecule has 0 radical (unpaired) electrons. The zero-order chi connectivity index (χ0) is 16.9. The lowest BCUT2D eigenvalue weighted by atomic mass is 10.0. The highest BCUT2D eigenvalue weighted by atomic mass is 32.2. The predicted octanol–water partition coefficient (Wildman–Crippen LogP) is 1.43. The van der Waals surface area contributed by atoms with E-state index in [1.165, 1.54) is 21.0 Å². The minimum atomic E-state index is -3.97. The van der Waals surface area contributed by atoms with Gasteiger partial charge in [-0.3, -0.25) is 14.3 Å². The van der Waals surface area contributed by atoms with Crippen LogP contribution in [0, 0.1) is 5.92 Å². The summed E-state index contributed by atoms with van der Waals surface area (Å²) >= 11 is 0. The molecular weight excluding hydrogens is 306 g/mol. The van der Waals surface area contributed by atoms with Crippen LogP contribution in [0.1, 0.15) is 32.3 Å². The molecule has 0 aliphatic rings. The Balaban J connectivity index is 2.84. The fourth-order valence-electron chi connectivity index (χ4n) is 1.86. The number of hydrogen-bond acceptors (Lipinski definition) is 5. The normalized spacial score (nSPS) is 15.5. The van der Waals surface area contributed by atoms with Crippen molar-refractivity contribution in [3.05, 3.63) is 35.9 Å². The van der Waals surface area contributed by atoms with Crippen LogP contribution in [0.5, 0.6) is 0 Å². The van der Waals surface area contributed by atoms with Crippen LogP contribution in [-0.4, -0.2) is 32.7 Å². The number of carbonyl (C=O) groups is 2. The number of carbonyl (C=O) groups excluding carboxylic acids is 2. The van der Waals surface area contributed by atoms with Gasteiger partial charge in [-0.2, -0.15) is 0 Å². The fraction of sp³-hybridized carbons (Fsp3) is 0.467. The fourth-order valence-corrected chi connectivity index (χ4v) is 3.15. The topological polar surface area (TPSA) is 89.5 Å². The zero-order valence-electron chi connectivity index (χ0n) is 13.1. The van der Waals surface area contributed by atoms with Crippen molar-refractivity contribution in [1.82, 2.24) is 4.72 Å². The first-order chi connectivity index (χ1) is 10.2. The van der Waals surface area contributed by atoms with E-state index in [1.54, 1.807) is 31.2 Å². The highest BCUT2D eigenvalue weighted by Gasteiger charge is 2.33. The Hall–Kier alpha value is -1.89. The molecule has 22 heavy (non-hydrogen) atoms. The van der Waals surface area contributed by atoms with E-state index in [0.29, 0.717) is 5.56 Å². The average Bonchev–Trinajstić information content (AvgIpc) is 2.52. The second-order valence-corrected chi connectivity index (χ2v) is 7.20. The number of sulfonamides is 1. The number of amides is 1. The summed E-state index contributed by atoms with van der Waals surface area (Å²) < 4.78 is 31.0. The lowest BCUT2D eigenvalue weighted by Crippen LogP contribution is -2.43. The molecule has 0 aromatic heterocycles. The molecule has 3 atom stereocenters. The van der Waals surface area contributed by atoms with Crippen molar-refractivity contribution in [3.8, 4) is 0 Å². The van der Waals surface area contributed by atoms with E-state index in [2.05, 4.69) is 4.74 Å². The Morgan fingerprint density at radius 1 is 1.09 bits per heavy atom. The molecule has 0 fully saturated rings. The van der Waals surface area contributed by atoms with Crippen LogP contribution in [0.2, 0.25) is 0 Å². The molecule has 1 rings (SSSR count). The Bertz CT molecular complexity index is 627. The number of nitrogens with one attached hydrogen (secondary N) is 1. The standard InChI is InChI=1S/C15H21NO5S/c1-10(15(18)21-4)12(3)22(19,20)16-14(17)11(2)13-8-6-5-7-9-13/h5-12H,1-4H3,(H,16,17)/t10?,11-,12?/m1/s1. The van der Waals surface area contributed by atoms with Gasteiger partial charge in [-0.15, -0.1) is 0 Å². The molecular formula is C15H21NO5S. The highest BCUT2D eigenvalue weighted by molar-refractivity contribution is 7.90. The summed E-state index contributed by atoms with van der Waals surface area (Å²) in [5.41, 5.74) is 0.712. The molecule has 1 aromatic carbocycles. The van der Waals surface area contributed by atoms with Crippen LogP contribution in [-0.2, 0) is 24.3 Å². The van der Waals surface area contributed by atoms with Gasteiger partial charge in [0, 0.05) is 0 Å². The Labute approximate surface area is 130 Å². The van der Waals surface area contributed by atoms with Gasteiger partial charge >= 0.3 is 5.97 Å². The first-order valence-electron chi connectivity index (χ1n) is 6.89. The van der Waals surface area contributed by atoms with Gasteiger partial charge < -0.3 is 4.74 Å². The number of benzene rings is 1. The largest absolute Gasteiger partial charge is 0.469 e. The number of esters is 1. The molecule has 0 saturated heterocycles. The first kappa shape index (κ1) is 18.2. The zero-order valence-corrected chi connectivity index (χ0v) is 13.9. The maximum Gasteiger partial charge on any atom is 0.309 e.